The summed E-state index contributed by atoms with van der Waals surface area (Å²) in [7, 11) is 0. The van der Waals surface area contributed by atoms with Crippen molar-refractivity contribution >= 4 is 11.8 Å². The van der Waals surface area contributed by atoms with Gasteiger partial charge in [-0.2, -0.15) is 4.80 Å². The van der Waals surface area contributed by atoms with Crippen LogP contribution in [0.2, 0.25) is 0 Å². The van der Waals surface area contributed by atoms with Crippen molar-refractivity contribution < 1.29 is 9.59 Å². The lowest BCUT2D eigenvalue weighted by Crippen LogP contribution is -2.32. The van der Waals surface area contributed by atoms with Crippen LogP contribution in [0.5, 0.6) is 0 Å². The summed E-state index contributed by atoms with van der Waals surface area (Å²) >= 11 is 0. The van der Waals surface area contributed by atoms with Crippen LogP contribution in [0.25, 0.3) is 11.1 Å². The van der Waals surface area contributed by atoms with E-state index in [0.717, 1.165) is 11.1 Å². The predicted molar refractivity (Wildman–Crippen MR) is 114 cm³/mol. The van der Waals surface area contributed by atoms with Crippen LogP contribution in [-0.4, -0.2) is 43.5 Å². The van der Waals surface area contributed by atoms with Gasteiger partial charge in [0.05, 0.1) is 17.7 Å². The molecule has 7 nitrogen and oxygen atoms in total. The molecule has 3 aromatic carbocycles. The van der Waals surface area contributed by atoms with Crippen molar-refractivity contribution in [1.82, 2.24) is 25.1 Å². The molecule has 0 fully saturated rings. The van der Waals surface area contributed by atoms with Gasteiger partial charge in [0.15, 0.2) is 5.82 Å². The van der Waals surface area contributed by atoms with Gasteiger partial charge in [-0.3, -0.25) is 14.5 Å². The van der Waals surface area contributed by atoms with E-state index in [1.54, 1.807) is 24.3 Å². The summed E-state index contributed by atoms with van der Waals surface area (Å²) in [6.07, 6.45) is 0.360. The van der Waals surface area contributed by atoms with Crippen LogP contribution >= 0.6 is 0 Å². The average molecular weight is 409 g/mol. The number of nitrogens with zero attached hydrogens (tertiary/aromatic N) is 5. The van der Waals surface area contributed by atoms with Gasteiger partial charge in [-0.05, 0) is 34.0 Å². The van der Waals surface area contributed by atoms with Crippen LogP contribution in [0, 0.1) is 0 Å². The SMILES string of the molecule is O=C1c2ccccc2C(=O)N1CCc1nnn(Cc2ccc(-c3ccccc3)cc2)n1. The first-order valence-corrected chi connectivity index (χ1v) is 10.1. The molecule has 1 aliphatic rings. The minimum absolute atomic E-state index is 0.226. The van der Waals surface area contributed by atoms with Crippen molar-refractivity contribution in [3.63, 3.8) is 0 Å². The van der Waals surface area contributed by atoms with Crippen molar-refractivity contribution in [2.24, 2.45) is 0 Å². The number of carbonyl (C=O) groups is 2. The van der Waals surface area contributed by atoms with Gasteiger partial charge in [-0.25, -0.2) is 0 Å². The molecule has 0 aliphatic carbocycles. The Balaban J connectivity index is 1.21. The van der Waals surface area contributed by atoms with E-state index in [1.807, 2.05) is 30.3 Å². The highest BCUT2D eigenvalue weighted by Gasteiger charge is 2.34. The Labute approximate surface area is 178 Å². The van der Waals surface area contributed by atoms with Crippen LogP contribution < -0.4 is 0 Å². The Morgan fingerprint density at radius 2 is 1.32 bits per heavy atom. The number of rotatable bonds is 6. The fourth-order valence-corrected chi connectivity index (χ4v) is 3.69. The summed E-state index contributed by atoms with van der Waals surface area (Å²) in [5.41, 5.74) is 4.27. The maximum atomic E-state index is 12.4. The average Bonchev–Trinajstić information content (AvgIpc) is 3.36. The van der Waals surface area contributed by atoms with Gasteiger partial charge in [-0.15, -0.1) is 10.2 Å². The smallest absolute Gasteiger partial charge is 0.261 e. The van der Waals surface area contributed by atoms with Crippen molar-refractivity contribution in [1.29, 1.82) is 0 Å². The van der Waals surface area contributed by atoms with E-state index in [4.69, 9.17) is 0 Å². The summed E-state index contributed by atoms with van der Waals surface area (Å²) in [4.78, 5) is 27.7. The molecule has 0 atom stereocenters. The molecule has 0 bridgehead atoms. The normalized spacial score (nSPS) is 13.0. The van der Waals surface area contributed by atoms with Gasteiger partial charge in [0, 0.05) is 13.0 Å². The first-order chi connectivity index (χ1) is 15.2. The maximum absolute atomic E-state index is 12.4. The number of carbonyl (C=O) groups excluding carboxylic acids is 2. The number of tetrazole rings is 1. The third-order valence-electron chi connectivity index (χ3n) is 5.32. The number of fused-ring (bicyclic) bond motifs is 1. The highest BCUT2D eigenvalue weighted by Crippen LogP contribution is 2.22. The second kappa shape index (κ2) is 7.95. The van der Waals surface area contributed by atoms with Gasteiger partial charge in [0.1, 0.15) is 0 Å². The highest BCUT2D eigenvalue weighted by molar-refractivity contribution is 6.21. The van der Waals surface area contributed by atoms with E-state index in [0.29, 0.717) is 29.9 Å². The molecule has 1 aromatic heterocycles. The predicted octanol–water partition coefficient (Wildman–Crippen LogP) is 3.23. The second-order valence-electron chi connectivity index (χ2n) is 7.36. The minimum atomic E-state index is -0.272. The number of hydrogen-bond donors (Lipinski definition) is 0. The van der Waals surface area contributed by atoms with Crippen LogP contribution in [0.15, 0.2) is 78.9 Å². The molecule has 0 saturated carbocycles. The Bertz CT molecular complexity index is 1210. The maximum Gasteiger partial charge on any atom is 0.261 e. The quantitative estimate of drug-likeness (QED) is 0.457. The van der Waals surface area contributed by atoms with Crippen LogP contribution in [-0.2, 0) is 13.0 Å². The van der Waals surface area contributed by atoms with E-state index in [-0.39, 0.29) is 18.4 Å². The Hall–Kier alpha value is -4.13. The van der Waals surface area contributed by atoms with Crippen LogP contribution in [0.1, 0.15) is 32.1 Å². The Morgan fingerprint density at radius 1 is 0.710 bits per heavy atom. The molecule has 7 heteroatoms. The van der Waals surface area contributed by atoms with Crippen LogP contribution in [0.3, 0.4) is 0 Å². The molecule has 152 valence electrons. The molecule has 1 aliphatic heterocycles. The Morgan fingerprint density at radius 3 is 2.00 bits per heavy atom. The molecule has 31 heavy (non-hydrogen) atoms. The summed E-state index contributed by atoms with van der Waals surface area (Å²) < 4.78 is 0. The van der Waals surface area contributed by atoms with Gasteiger partial charge < -0.3 is 0 Å². The Kier molecular flexibility index (Phi) is 4.84. The largest absolute Gasteiger partial charge is 0.274 e. The molecule has 0 N–H and O–H groups in total. The van der Waals surface area contributed by atoms with Gasteiger partial charge in [0.25, 0.3) is 11.8 Å². The highest BCUT2D eigenvalue weighted by atomic mass is 16.2. The lowest BCUT2D eigenvalue weighted by molar-refractivity contribution is 0.0655. The molecule has 0 saturated heterocycles. The number of hydrogen-bond acceptors (Lipinski definition) is 5. The molecule has 5 rings (SSSR count). The summed E-state index contributed by atoms with van der Waals surface area (Å²) in [6, 6.07) is 25.3. The zero-order valence-corrected chi connectivity index (χ0v) is 16.7. The van der Waals surface area contributed by atoms with E-state index < -0.39 is 0 Å². The molecular formula is C24H19N5O2. The molecule has 2 heterocycles. The van der Waals surface area contributed by atoms with Crippen molar-refractivity contribution in [3.8, 4) is 11.1 Å². The van der Waals surface area contributed by atoms with Crippen LogP contribution in [0.4, 0.5) is 0 Å². The summed E-state index contributed by atoms with van der Waals surface area (Å²) in [6.45, 7) is 0.721. The van der Waals surface area contributed by atoms with Crippen molar-refractivity contribution in [2.75, 3.05) is 6.54 Å². The molecule has 0 unspecified atom stereocenters. The first kappa shape index (κ1) is 18.9. The van der Waals surface area contributed by atoms with Gasteiger partial charge >= 0.3 is 0 Å². The fraction of sp³-hybridized carbons (Fsp3) is 0.125. The van der Waals surface area contributed by atoms with Gasteiger partial charge in [0.2, 0.25) is 0 Å². The number of amides is 2. The number of benzene rings is 3. The lowest BCUT2D eigenvalue weighted by atomic mass is 10.0. The topological polar surface area (TPSA) is 81.0 Å². The second-order valence-corrected chi connectivity index (χ2v) is 7.36. The molecule has 2 amide bonds. The molecule has 0 radical (unpaired) electrons. The molecule has 0 spiro atoms. The fourth-order valence-electron chi connectivity index (χ4n) is 3.69. The first-order valence-electron chi connectivity index (χ1n) is 10.1. The third kappa shape index (κ3) is 3.73. The summed E-state index contributed by atoms with van der Waals surface area (Å²) in [5, 5.41) is 12.6. The number of imide groups is 1. The molecular weight excluding hydrogens is 390 g/mol. The van der Waals surface area contributed by atoms with E-state index in [2.05, 4.69) is 39.7 Å². The third-order valence-corrected chi connectivity index (χ3v) is 5.32. The zero-order chi connectivity index (χ0) is 21.2. The van der Waals surface area contributed by atoms with E-state index >= 15 is 0 Å². The number of aromatic nitrogens is 4. The van der Waals surface area contributed by atoms with E-state index in [9.17, 15) is 9.59 Å². The monoisotopic (exact) mass is 409 g/mol. The zero-order valence-electron chi connectivity index (χ0n) is 16.7. The van der Waals surface area contributed by atoms with E-state index in [1.165, 1.54) is 15.3 Å². The van der Waals surface area contributed by atoms with Crippen molar-refractivity contribution in [2.45, 2.75) is 13.0 Å². The van der Waals surface area contributed by atoms with Gasteiger partial charge in [-0.1, -0.05) is 66.7 Å². The standard InChI is InChI=1S/C24H19N5O2/c30-23-20-8-4-5-9-21(20)24(31)28(23)15-14-22-25-27-29(26-22)16-17-10-12-19(13-11-17)18-6-2-1-3-7-18/h1-13H,14-16H2. The minimum Gasteiger partial charge on any atom is -0.274 e. The summed E-state index contributed by atoms with van der Waals surface area (Å²) in [5.74, 6) is -0.0459. The lowest BCUT2D eigenvalue weighted by Gasteiger charge is -2.11. The molecule has 4 aromatic rings. The van der Waals surface area contributed by atoms with Crippen molar-refractivity contribution in [3.05, 3.63) is 101 Å².